The van der Waals surface area contributed by atoms with Crippen molar-refractivity contribution in [3.8, 4) is 5.75 Å². The van der Waals surface area contributed by atoms with Crippen LogP contribution in [0.4, 0.5) is 10.5 Å². The van der Waals surface area contributed by atoms with E-state index in [-0.39, 0.29) is 5.91 Å². The molecule has 108 valence electrons. The summed E-state index contributed by atoms with van der Waals surface area (Å²) in [6, 6.07) is 16.1. The minimum Gasteiger partial charge on any atom is -0.410 e. The lowest BCUT2D eigenvalue weighted by atomic mass is 10.2. The maximum absolute atomic E-state index is 11.6. The fraction of sp³-hybridized carbons (Fsp3) is 0.125. The highest BCUT2D eigenvalue weighted by atomic mass is 16.5. The lowest BCUT2D eigenvalue weighted by Crippen LogP contribution is -2.26. The lowest BCUT2D eigenvalue weighted by molar-refractivity contribution is -0.114. The molecule has 0 bridgehead atoms. The van der Waals surface area contributed by atoms with Crippen LogP contribution in [0.5, 0.6) is 5.75 Å². The number of benzene rings is 2. The maximum Gasteiger partial charge on any atom is 0.412 e. The SMILES string of the molecule is CC(=O)Nc1ccc(CNC(=O)Oc2ccccc2)cc1. The van der Waals surface area contributed by atoms with Crippen molar-refractivity contribution in [2.24, 2.45) is 0 Å². The van der Waals surface area contributed by atoms with Crippen LogP contribution in [0.1, 0.15) is 12.5 Å². The van der Waals surface area contributed by atoms with E-state index in [1.54, 1.807) is 36.4 Å². The van der Waals surface area contributed by atoms with Crippen LogP contribution >= 0.6 is 0 Å². The second kappa shape index (κ2) is 7.09. The number of para-hydroxylation sites is 1. The Labute approximate surface area is 122 Å². The Hall–Kier alpha value is -2.82. The molecule has 2 aromatic carbocycles. The molecule has 5 nitrogen and oxygen atoms in total. The first-order chi connectivity index (χ1) is 10.1. The first-order valence-electron chi connectivity index (χ1n) is 6.51. The van der Waals surface area contributed by atoms with Gasteiger partial charge in [-0.15, -0.1) is 0 Å². The van der Waals surface area contributed by atoms with Crippen molar-refractivity contribution in [2.45, 2.75) is 13.5 Å². The summed E-state index contributed by atoms with van der Waals surface area (Å²) in [6.45, 7) is 1.81. The van der Waals surface area contributed by atoms with Crippen LogP contribution in [-0.2, 0) is 11.3 Å². The van der Waals surface area contributed by atoms with Gasteiger partial charge in [-0.2, -0.15) is 0 Å². The third-order valence-electron chi connectivity index (χ3n) is 2.66. The number of carbonyl (C=O) groups is 2. The number of rotatable bonds is 4. The molecule has 0 unspecified atom stereocenters. The average Bonchev–Trinajstić information content (AvgIpc) is 2.47. The highest BCUT2D eigenvalue weighted by Gasteiger charge is 2.03. The molecule has 5 heteroatoms. The van der Waals surface area contributed by atoms with Gasteiger partial charge in [0.1, 0.15) is 5.75 Å². The van der Waals surface area contributed by atoms with Gasteiger partial charge in [-0.25, -0.2) is 4.79 Å². The van der Waals surface area contributed by atoms with Gasteiger partial charge in [-0.1, -0.05) is 30.3 Å². The molecule has 0 saturated heterocycles. The Kier molecular flexibility index (Phi) is 4.93. The van der Waals surface area contributed by atoms with Gasteiger partial charge in [-0.3, -0.25) is 4.79 Å². The fourth-order valence-corrected chi connectivity index (χ4v) is 1.72. The number of hydrogen-bond acceptors (Lipinski definition) is 3. The third-order valence-corrected chi connectivity index (χ3v) is 2.66. The zero-order valence-electron chi connectivity index (χ0n) is 11.6. The summed E-state index contributed by atoms with van der Waals surface area (Å²) in [5.74, 6) is 0.378. The lowest BCUT2D eigenvalue weighted by Gasteiger charge is -2.07. The van der Waals surface area contributed by atoms with Crippen molar-refractivity contribution in [1.29, 1.82) is 0 Å². The summed E-state index contributed by atoms with van der Waals surface area (Å²) in [7, 11) is 0. The van der Waals surface area contributed by atoms with Crippen molar-refractivity contribution in [3.63, 3.8) is 0 Å². The van der Waals surface area contributed by atoms with Crippen molar-refractivity contribution in [3.05, 3.63) is 60.2 Å². The zero-order valence-corrected chi connectivity index (χ0v) is 11.6. The largest absolute Gasteiger partial charge is 0.412 e. The van der Waals surface area contributed by atoms with Crippen LogP contribution in [0.2, 0.25) is 0 Å². The van der Waals surface area contributed by atoms with Crippen LogP contribution < -0.4 is 15.4 Å². The van der Waals surface area contributed by atoms with Gasteiger partial charge in [0, 0.05) is 19.2 Å². The third kappa shape index (κ3) is 4.99. The summed E-state index contributed by atoms with van der Waals surface area (Å²) in [5.41, 5.74) is 1.63. The minimum atomic E-state index is -0.507. The minimum absolute atomic E-state index is 0.118. The van der Waals surface area contributed by atoms with Gasteiger partial charge in [0.05, 0.1) is 0 Å². The number of hydrogen-bond donors (Lipinski definition) is 2. The predicted molar refractivity (Wildman–Crippen MR) is 80.1 cm³/mol. The number of nitrogens with one attached hydrogen (secondary N) is 2. The summed E-state index contributed by atoms with van der Waals surface area (Å²) in [6.07, 6.45) is -0.507. The second-order valence-electron chi connectivity index (χ2n) is 4.43. The standard InChI is InChI=1S/C16H16N2O3/c1-12(19)18-14-9-7-13(8-10-14)11-17-16(20)21-15-5-3-2-4-6-15/h2-10H,11H2,1H3,(H,17,20)(H,18,19). The van der Waals surface area contributed by atoms with E-state index in [2.05, 4.69) is 10.6 Å². The molecule has 0 saturated carbocycles. The highest BCUT2D eigenvalue weighted by molar-refractivity contribution is 5.88. The molecule has 0 aromatic heterocycles. The zero-order chi connectivity index (χ0) is 15.1. The van der Waals surface area contributed by atoms with Crippen LogP contribution in [0.25, 0.3) is 0 Å². The van der Waals surface area contributed by atoms with E-state index < -0.39 is 6.09 Å². The first-order valence-corrected chi connectivity index (χ1v) is 6.51. The molecule has 2 rings (SSSR count). The maximum atomic E-state index is 11.6. The molecule has 0 spiro atoms. The Bertz CT molecular complexity index is 609. The molecule has 0 aliphatic rings. The molecule has 0 aliphatic heterocycles. The van der Waals surface area contributed by atoms with E-state index in [1.165, 1.54) is 6.92 Å². The Morgan fingerprint density at radius 2 is 1.67 bits per heavy atom. The number of ether oxygens (including phenoxy) is 1. The van der Waals surface area contributed by atoms with Gasteiger partial charge in [0.25, 0.3) is 0 Å². The summed E-state index contributed by atoms with van der Waals surface area (Å²) in [5, 5.41) is 5.34. The van der Waals surface area contributed by atoms with Crippen molar-refractivity contribution >= 4 is 17.7 Å². The van der Waals surface area contributed by atoms with Crippen LogP contribution in [0, 0.1) is 0 Å². The van der Waals surface area contributed by atoms with E-state index in [4.69, 9.17) is 4.74 Å². The Balaban J connectivity index is 1.82. The van der Waals surface area contributed by atoms with Gasteiger partial charge >= 0.3 is 6.09 Å². The first kappa shape index (κ1) is 14.6. The normalized spacial score (nSPS) is 9.76. The van der Waals surface area contributed by atoms with Crippen LogP contribution in [0.3, 0.4) is 0 Å². The molecule has 0 fully saturated rings. The molecule has 0 radical (unpaired) electrons. The second-order valence-corrected chi connectivity index (χ2v) is 4.43. The highest BCUT2D eigenvalue weighted by Crippen LogP contribution is 2.10. The average molecular weight is 284 g/mol. The number of amides is 2. The molecule has 2 amide bonds. The van der Waals surface area contributed by atoms with Gasteiger partial charge in [0.2, 0.25) is 5.91 Å². The van der Waals surface area contributed by atoms with Crippen LogP contribution in [-0.4, -0.2) is 12.0 Å². The van der Waals surface area contributed by atoms with E-state index in [0.717, 1.165) is 11.3 Å². The van der Waals surface area contributed by atoms with Crippen molar-refractivity contribution < 1.29 is 14.3 Å². The molecule has 2 N–H and O–H groups in total. The molecular formula is C16H16N2O3. The Morgan fingerprint density at radius 3 is 2.29 bits per heavy atom. The quantitative estimate of drug-likeness (QED) is 0.907. The van der Waals surface area contributed by atoms with E-state index in [0.29, 0.717) is 12.3 Å². The topological polar surface area (TPSA) is 67.4 Å². The van der Waals surface area contributed by atoms with Gasteiger partial charge in [0.15, 0.2) is 0 Å². The molecule has 21 heavy (non-hydrogen) atoms. The molecule has 0 heterocycles. The van der Waals surface area contributed by atoms with Crippen LogP contribution in [0.15, 0.2) is 54.6 Å². The molecular weight excluding hydrogens is 268 g/mol. The number of carbonyl (C=O) groups excluding carboxylic acids is 2. The van der Waals surface area contributed by atoms with E-state index in [1.807, 2.05) is 18.2 Å². The fourth-order valence-electron chi connectivity index (χ4n) is 1.72. The molecule has 0 atom stereocenters. The van der Waals surface area contributed by atoms with Crippen molar-refractivity contribution in [1.82, 2.24) is 5.32 Å². The smallest absolute Gasteiger partial charge is 0.410 e. The molecule has 0 aliphatic carbocycles. The monoisotopic (exact) mass is 284 g/mol. The van der Waals surface area contributed by atoms with Gasteiger partial charge in [-0.05, 0) is 29.8 Å². The van der Waals surface area contributed by atoms with Gasteiger partial charge < -0.3 is 15.4 Å². The number of anilines is 1. The molecule has 2 aromatic rings. The Morgan fingerprint density at radius 1 is 1.00 bits per heavy atom. The predicted octanol–water partition coefficient (Wildman–Crippen LogP) is 2.93. The van der Waals surface area contributed by atoms with Crippen molar-refractivity contribution in [2.75, 3.05) is 5.32 Å². The summed E-state index contributed by atoms with van der Waals surface area (Å²) >= 11 is 0. The summed E-state index contributed by atoms with van der Waals surface area (Å²) in [4.78, 5) is 22.5. The van der Waals surface area contributed by atoms with E-state index in [9.17, 15) is 9.59 Å². The summed E-state index contributed by atoms with van der Waals surface area (Å²) < 4.78 is 5.11. The van der Waals surface area contributed by atoms with E-state index >= 15 is 0 Å².